The minimum Gasteiger partial charge on any atom is -0.479 e. The molecule has 1 fully saturated rings. The summed E-state index contributed by atoms with van der Waals surface area (Å²) in [5.41, 5.74) is 0.286. The van der Waals surface area contributed by atoms with Crippen molar-refractivity contribution in [1.82, 2.24) is 0 Å². The lowest BCUT2D eigenvalue weighted by atomic mass is 10.2. The van der Waals surface area contributed by atoms with Gasteiger partial charge < -0.3 is 28.8 Å². The Morgan fingerprint density at radius 1 is 0.444 bits per heavy atom. The topological polar surface area (TPSA) is 152 Å². The Morgan fingerprint density at radius 3 is 1.11 bits per heavy atom. The predicted molar refractivity (Wildman–Crippen MR) is 155 cm³/mol. The summed E-state index contributed by atoms with van der Waals surface area (Å²) in [5, 5.41) is 10.2. The summed E-state index contributed by atoms with van der Waals surface area (Å²) in [6.45, 7) is 0. The number of ether oxygens (including phenoxy) is 5. The SMILES string of the molecule is O=C(O[13CH]1O[13CH]([13C](=O)O)[13C@@H](OC(=O)c2ccccc2)[13C@H](OC(=O)c2ccccc2)[13CH]1OC(=O)c1ccccc1)c1ccccc1. The average Bonchev–Trinajstić information content (AvgIpc) is 3.08. The number of hydrogen-bond acceptors (Lipinski definition) is 10. The number of carboxylic acid groups (broad SMARTS) is 1. The molecule has 1 heterocycles. The van der Waals surface area contributed by atoms with Gasteiger partial charge in [-0.3, -0.25) is 0 Å². The Kier molecular flexibility index (Phi) is 9.61. The highest BCUT2D eigenvalue weighted by Gasteiger charge is 2.56. The smallest absolute Gasteiger partial charge is 0.340 e. The highest BCUT2D eigenvalue weighted by atomic mass is 16.9. The van der Waals surface area contributed by atoms with Crippen molar-refractivity contribution >= 4 is 29.8 Å². The van der Waals surface area contributed by atoms with Crippen LogP contribution in [0, 0.1) is 0 Å². The van der Waals surface area contributed by atoms with Gasteiger partial charge in [-0.25, -0.2) is 24.0 Å². The quantitative estimate of drug-likeness (QED) is 0.163. The van der Waals surface area contributed by atoms with E-state index in [0.717, 1.165) is 0 Å². The standard InChI is InChI=1S/C34H26O11/c35-29(36)27-25(41-30(37)21-13-5-1-6-14-21)26(42-31(38)22-15-7-2-8-16-22)28(43-32(39)23-17-9-3-10-18-23)34(44-27)45-33(40)24-19-11-4-12-20-24/h1-20,25-28,34H,(H,35,36)/t25-,26-,27?,28?,34?/m0/s1/i25+1,26+1,27+1,28+1,29+1,34+1. The van der Waals surface area contributed by atoms with Gasteiger partial charge in [-0.2, -0.15) is 0 Å². The van der Waals surface area contributed by atoms with Crippen LogP contribution in [0.5, 0.6) is 0 Å². The molecular formula is C34H26O11. The summed E-state index contributed by atoms with van der Waals surface area (Å²) < 4.78 is 28.3. The first-order valence-corrected chi connectivity index (χ1v) is 13.7. The molecular weight excluding hydrogens is 590 g/mol. The van der Waals surface area contributed by atoms with E-state index >= 15 is 0 Å². The van der Waals surface area contributed by atoms with Gasteiger partial charge in [-0.05, 0) is 48.5 Å². The number of carboxylic acids is 1. The van der Waals surface area contributed by atoms with Crippen LogP contribution in [-0.2, 0) is 28.5 Å². The van der Waals surface area contributed by atoms with Crippen LogP contribution in [0.3, 0.4) is 0 Å². The van der Waals surface area contributed by atoms with Gasteiger partial charge in [0.2, 0.25) is 12.4 Å². The van der Waals surface area contributed by atoms with Crippen LogP contribution >= 0.6 is 0 Å². The molecule has 1 aliphatic heterocycles. The maximum Gasteiger partial charge on any atom is 0.340 e. The van der Waals surface area contributed by atoms with E-state index < -0.39 is 60.6 Å². The molecule has 0 saturated carbocycles. The van der Waals surface area contributed by atoms with Crippen molar-refractivity contribution in [3.05, 3.63) is 144 Å². The van der Waals surface area contributed by atoms with Gasteiger partial charge in [0.1, 0.15) is 0 Å². The second-order valence-electron chi connectivity index (χ2n) is 9.74. The molecule has 0 aromatic heterocycles. The summed E-state index contributed by atoms with van der Waals surface area (Å²) in [4.78, 5) is 65.4. The second kappa shape index (κ2) is 14.1. The summed E-state index contributed by atoms with van der Waals surface area (Å²) in [6.07, 6.45) is -9.40. The highest BCUT2D eigenvalue weighted by Crippen LogP contribution is 2.32. The Hall–Kier alpha value is -5.81. The molecule has 4 aromatic rings. The molecule has 5 rings (SSSR count). The van der Waals surface area contributed by atoms with Crippen molar-refractivity contribution in [3.63, 3.8) is 0 Å². The fourth-order valence-electron chi connectivity index (χ4n) is 4.54. The monoisotopic (exact) mass is 616 g/mol. The molecule has 1 saturated heterocycles. The molecule has 3 unspecified atom stereocenters. The first-order valence-electron chi connectivity index (χ1n) is 13.7. The van der Waals surface area contributed by atoms with Crippen molar-refractivity contribution < 1.29 is 52.8 Å². The molecule has 5 atom stereocenters. The van der Waals surface area contributed by atoms with E-state index in [1.807, 2.05) is 0 Å². The number of benzene rings is 4. The molecule has 0 spiro atoms. The van der Waals surface area contributed by atoms with Gasteiger partial charge in [-0.1, -0.05) is 72.8 Å². The number of rotatable bonds is 9. The summed E-state index contributed by atoms with van der Waals surface area (Å²) >= 11 is 0. The summed E-state index contributed by atoms with van der Waals surface area (Å²) in [5.74, 6) is -5.44. The predicted octanol–water partition coefficient (Wildman–Crippen LogP) is 4.33. The fourth-order valence-corrected chi connectivity index (χ4v) is 4.54. The van der Waals surface area contributed by atoms with E-state index in [1.54, 1.807) is 72.8 Å². The molecule has 0 aliphatic carbocycles. The molecule has 1 N–H and O–H groups in total. The van der Waals surface area contributed by atoms with Crippen LogP contribution in [0.25, 0.3) is 0 Å². The van der Waals surface area contributed by atoms with E-state index in [9.17, 15) is 29.1 Å². The Morgan fingerprint density at radius 2 is 0.756 bits per heavy atom. The van der Waals surface area contributed by atoms with Crippen LogP contribution in [0.2, 0.25) is 0 Å². The van der Waals surface area contributed by atoms with Crippen molar-refractivity contribution in [2.45, 2.75) is 30.7 Å². The summed E-state index contributed by atoms with van der Waals surface area (Å²) in [7, 11) is 0. The number of carbonyl (C=O) groups excluding carboxylic acids is 4. The first kappa shape index (κ1) is 30.6. The van der Waals surface area contributed by atoms with E-state index in [1.165, 1.54) is 48.5 Å². The molecule has 1 aliphatic rings. The molecule has 11 nitrogen and oxygen atoms in total. The van der Waals surface area contributed by atoms with Crippen molar-refractivity contribution in [2.24, 2.45) is 0 Å². The van der Waals surface area contributed by atoms with Crippen LogP contribution in [0.4, 0.5) is 0 Å². The Labute approximate surface area is 256 Å². The average molecular weight is 617 g/mol. The Balaban J connectivity index is 1.57. The molecule has 0 radical (unpaired) electrons. The van der Waals surface area contributed by atoms with E-state index in [-0.39, 0.29) is 22.3 Å². The number of hydrogen-bond donors (Lipinski definition) is 1. The number of aliphatic carboxylic acids is 1. The number of esters is 4. The normalized spacial score (nSPS) is 20.7. The first-order chi connectivity index (χ1) is 21.8. The van der Waals surface area contributed by atoms with Gasteiger partial charge in [0.05, 0.1) is 22.3 Å². The second-order valence-corrected chi connectivity index (χ2v) is 9.74. The molecule has 45 heavy (non-hydrogen) atoms. The lowest BCUT2D eigenvalue weighted by molar-refractivity contribution is -0.276. The van der Waals surface area contributed by atoms with Crippen LogP contribution in [0.15, 0.2) is 121 Å². The third kappa shape index (κ3) is 7.40. The summed E-state index contributed by atoms with van der Waals surface area (Å²) in [6, 6.07) is 30.8. The van der Waals surface area contributed by atoms with Crippen molar-refractivity contribution in [3.8, 4) is 0 Å². The minimum absolute atomic E-state index is 0.0604. The van der Waals surface area contributed by atoms with Crippen LogP contribution in [0.1, 0.15) is 41.4 Å². The maximum atomic E-state index is 13.3. The van der Waals surface area contributed by atoms with Crippen molar-refractivity contribution in [2.75, 3.05) is 0 Å². The minimum atomic E-state index is -2.02. The third-order valence-corrected chi connectivity index (χ3v) is 6.73. The molecule has 11 heteroatoms. The van der Waals surface area contributed by atoms with Crippen LogP contribution < -0.4 is 0 Å². The van der Waals surface area contributed by atoms with E-state index in [2.05, 4.69) is 0 Å². The largest absolute Gasteiger partial charge is 0.479 e. The highest BCUT2D eigenvalue weighted by molar-refractivity contribution is 5.92. The van der Waals surface area contributed by atoms with Gasteiger partial charge in [0.15, 0.2) is 18.3 Å². The maximum absolute atomic E-state index is 13.3. The van der Waals surface area contributed by atoms with Gasteiger partial charge in [-0.15, -0.1) is 0 Å². The van der Waals surface area contributed by atoms with Gasteiger partial charge >= 0.3 is 29.8 Å². The third-order valence-electron chi connectivity index (χ3n) is 6.73. The lowest BCUT2D eigenvalue weighted by Crippen LogP contribution is -2.64. The zero-order valence-electron chi connectivity index (χ0n) is 23.5. The lowest BCUT2D eigenvalue weighted by Gasteiger charge is -2.42. The molecule has 0 bridgehead atoms. The molecule has 4 aromatic carbocycles. The van der Waals surface area contributed by atoms with E-state index in [0.29, 0.717) is 0 Å². The van der Waals surface area contributed by atoms with Crippen LogP contribution in [-0.4, -0.2) is 65.7 Å². The zero-order chi connectivity index (χ0) is 31.8. The zero-order valence-corrected chi connectivity index (χ0v) is 23.5. The van der Waals surface area contributed by atoms with E-state index in [4.69, 9.17) is 23.7 Å². The molecule has 228 valence electrons. The Bertz CT molecular complexity index is 1640. The molecule has 0 amide bonds. The van der Waals surface area contributed by atoms with Crippen molar-refractivity contribution in [1.29, 1.82) is 0 Å². The number of carbonyl (C=O) groups is 5. The van der Waals surface area contributed by atoms with Gasteiger partial charge in [0, 0.05) is 0 Å². The van der Waals surface area contributed by atoms with Gasteiger partial charge in [0.25, 0.3) is 0 Å². The fraction of sp³-hybridized carbons (Fsp3) is 0.147.